The molecular formula is C15H11Cl2N3O. The van der Waals surface area contributed by atoms with Gasteiger partial charge in [-0.2, -0.15) is 0 Å². The normalized spacial score (nSPS) is 10.8. The number of hydrogen-bond donors (Lipinski definition) is 1. The molecular weight excluding hydrogens is 309 g/mol. The number of pyridine rings is 1. The van der Waals surface area contributed by atoms with Crippen molar-refractivity contribution in [1.82, 2.24) is 9.38 Å². The SMILES string of the molecule is Cc1nc(C(=O)Nc2ccc(Cl)cc2Cl)c2ccccn12. The average Bonchev–Trinajstić information content (AvgIpc) is 2.80. The summed E-state index contributed by atoms with van der Waals surface area (Å²) in [5.74, 6) is 0.439. The molecule has 0 aliphatic heterocycles. The van der Waals surface area contributed by atoms with Crippen molar-refractivity contribution < 1.29 is 4.79 Å². The minimum Gasteiger partial charge on any atom is -0.319 e. The smallest absolute Gasteiger partial charge is 0.276 e. The average molecular weight is 320 g/mol. The van der Waals surface area contributed by atoms with E-state index in [-0.39, 0.29) is 5.91 Å². The van der Waals surface area contributed by atoms with Crippen LogP contribution in [0.3, 0.4) is 0 Å². The number of halogens is 2. The predicted octanol–water partition coefficient (Wildman–Crippen LogP) is 4.20. The minimum absolute atomic E-state index is 0.309. The number of fused-ring (bicyclic) bond motifs is 1. The van der Waals surface area contributed by atoms with Gasteiger partial charge in [0.2, 0.25) is 0 Å². The molecule has 3 aromatic rings. The highest BCUT2D eigenvalue weighted by Gasteiger charge is 2.16. The van der Waals surface area contributed by atoms with Gasteiger partial charge in [0.1, 0.15) is 5.82 Å². The number of carbonyl (C=O) groups is 1. The molecule has 0 saturated carbocycles. The second-order valence-electron chi connectivity index (χ2n) is 4.54. The van der Waals surface area contributed by atoms with E-state index in [1.807, 2.05) is 35.7 Å². The summed E-state index contributed by atoms with van der Waals surface area (Å²) in [7, 11) is 0. The van der Waals surface area contributed by atoms with E-state index >= 15 is 0 Å². The fraction of sp³-hybridized carbons (Fsp3) is 0.0667. The van der Waals surface area contributed by atoms with Crippen LogP contribution >= 0.6 is 23.2 Å². The molecule has 0 unspecified atom stereocenters. The van der Waals surface area contributed by atoms with Gasteiger partial charge in [0.05, 0.1) is 16.2 Å². The van der Waals surface area contributed by atoms with Crippen LogP contribution in [0, 0.1) is 6.92 Å². The molecule has 6 heteroatoms. The summed E-state index contributed by atoms with van der Waals surface area (Å²) in [6.07, 6.45) is 1.86. The number of aryl methyl sites for hydroxylation is 1. The Hall–Kier alpha value is -2.04. The number of anilines is 1. The van der Waals surface area contributed by atoms with Crippen LogP contribution in [0.2, 0.25) is 10.0 Å². The first-order valence-corrected chi connectivity index (χ1v) is 7.02. The Morgan fingerprint density at radius 3 is 2.81 bits per heavy atom. The molecule has 0 bridgehead atoms. The summed E-state index contributed by atoms with van der Waals surface area (Å²) in [6.45, 7) is 1.85. The first kappa shape index (κ1) is 13.9. The highest BCUT2D eigenvalue weighted by molar-refractivity contribution is 6.36. The summed E-state index contributed by atoms with van der Waals surface area (Å²) in [6, 6.07) is 10.5. The summed E-state index contributed by atoms with van der Waals surface area (Å²) in [5, 5.41) is 3.65. The molecule has 0 atom stereocenters. The van der Waals surface area contributed by atoms with Crippen LogP contribution in [0.25, 0.3) is 5.52 Å². The lowest BCUT2D eigenvalue weighted by molar-refractivity contribution is 0.102. The number of imidazole rings is 1. The van der Waals surface area contributed by atoms with Gasteiger partial charge >= 0.3 is 0 Å². The molecule has 3 rings (SSSR count). The summed E-state index contributed by atoms with van der Waals surface area (Å²) in [4.78, 5) is 16.7. The lowest BCUT2D eigenvalue weighted by atomic mass is 10.3. The molecule has 2 aromatic heterocycles. The summed E-state index contributed by atoms with van der Waals surface area (Å²) in [5.41, 5.74) is 1.61. The lowest BCUT2D eigenvalue weighted by Crippen LogP contribution is -2.13. The minimum atomic E-state index is -0.309. The molecule has 0 fully saturated rings. The largest absolute Gasteiger partial charge is 0.319 e. The number of hydrogen-bond acceptors (Lipinski definition) is 2. The number of nitrogens with zero attached hydrogens (tertiary/aromatic N) is 2. The Labute approximate surface area is 131 Å². The molecule has 0 saturated heterocycles. The Balaban J connectivity index is 1.98. The zero-order valence-corrected chi connectivity index (χ0v) is 12.6. The highest BCUT2D eigenvalue weighted by atomic mass is 35.5. The van der Waals surface area contributed by atoms with E-state index in [0.717, 1.165) is 11.3 Å². The first-order chi connectivity index (χ1) is 10.1. The molecule has 1 aromatic carbocycles. The van der Waals surface area contributed by atoms with Gasteiger partial charge in [-0.1, -0.05) is 29.3 Å². The Morgan fingerprint density at radius 1 is 1.24 bits per heavy atom. The van der Waals surface area contributed by atoms with E-state index in [4.69, 9.17) is 23.2 Å². The van der Waals surface area contributed by atoms with Crippen molar-refractivity contribution in [1.29, 1.82) is 0 Å². The summed E-state index contributed by atoms with van der Waals surface area (Å²) >= 11 is 11.9. The van der Waals surface area contributed by atoms with Gasteiger partial charge in [0.15, 0.2) is 5.69 Å². The quantitative estimate of drug-likeness (QED) is 0.769. The van der Waals surface area contributed by atoms with Crippen molar-refractivity contribution in [3.8, 4) is 0 Å². The standard InChI is InChI=1S/C15H11Cl2N3O/c1-9-18-14(13-4-2-3-7-20(9)13)15(21)19-12-6-5-10(16)8-11(12)17/h2-8H,1H3,(H,19,21). The van der Waals surface area contributed by atoms with Crippen LogP contribution < -0.4 is 5.32 Å². The monoisotopic (exact) mass is 319 g/mol. The molecule has 0 spiro atoms. The van der Waals surface area contributed by atoms with E-state index < -0.39 is 0 Å². The number of carbonyl (C=O) groups excluding carboxylic acids is 1. The van der Waals surface area contributed by atoms with Crippen LogP contribution in [0.4, 0.5) is 5.69 Å². The fourth-order valence-electron chi connectivity index (χ4n) is 2.13. The molecule has 21 heavy (non-hydrogen) atoms. The van der Waals surface area contributed by atoms with E-state index in [9.17, 15) is 4.79 Å². The molecule has 0 aliphatic carbocycles. The number of rotatable bonds is 2. The number of benzene rings is 1. The fourth-order valence-corrected chi connectivity index (χ4v) is 2.59. The zero-order valence-electron chi connectivity index (χ0n) is 11.1. The molecule has 0 radical (unpaired) electrons. The van der Waals surface area contributed by atoms with Crippen molar-refractivity contribution in [3.63, 3.8) is 0 Å². The maximum atomic E-state index is 12.4. The Morgan fingerprint density at radius 2 is 2.05 bits per heavy atom. The maximum absolute atomic E-state index is 12.4. The highest BCUT2D eigenvalue weighted by Crippen LogP contribution is 2.26. The molecule has 106 valence electrons. The molecule has 1 N–H and O–H groups in total. The lowest BCUT2D eigenvalue weighted by Gasteiger charge is -2.06. The van der Waals surface area contributed by atoms with Crippen LogP contribution in [-0.4, -0.2) is 15.3 Å². The number of aromatic nitrogens is 2. The summed E-state index contributed by atoms with van der Waals surface area (Å²) < 4.78 is 1.86. The van der Waals surface area contributed by atoms with Crippen LogP contribution in [0.1, 0.15) is 16.3 Å². The van der Waals surface area contributed by atoms with E-state index in [1.165, 1.54) is 0 Å². The van der Waals surface area contributed by atoms with Crippen molar-refractivity contribution in [2.75, 3.05) is 5.32 Å². The molecule has 4 nitrogen and oxygen atoms in total. The zero-order chi connectivity index (χ0) is 15.0. The van der Waals surface area contributed by atoms with Crippen molar-refractivity contribution in [2.24, 2.45) is 0 Å². The van der Waals surface area contributed by atoms with Gasteiger partial charge in [-0.05, 0) is 37.3 Å². The van der Waals surface area contributed by atoms with Gasteiger partial charge in [-0.15, -0.1) is 0 Å². The third-order valence-electron chi connectivity index (χ3n) is 3.12. The van der Waals surface area contributed by atoms with Gasteiger partial charge in [-0.25, -0.2) is 4.98 Å². The van der Waals surface area contributed by atoms with Crippen LogP contribution in [0.5, 0.6) is 0 Å². The second-order valence-corrected chi connectivity index (χ2v) is 5.39. The Bertz CT molecular complexity index is 842. The van der Waals surface area contributed by atoms with Crippen molar-refractivity contribution in [2.45, 2.75) is 6.92 Å². The van der Waals surface area contributed by atoms with E-state index in [1.54, 1.807) is 18.2 Å². The van der Waals surface area contributed by atoms with Crippen molar-refractivity contribution >= 4 is 40.3 Å². The molecule has 0 aliphatic rings. The van der Waals surface area contributed by atoms with E-state index in [0.29, 0.717) is 21.4 Å². The maximum Gasteiger partial charge on any atom is 0.276 e. The van der Waals surface area contributed by atoms with Crippen LogP contribution in [0.15, 0.2) is 42.6 Å². The van der Waals surface area contributed by atoms with E-state index in [2.05, 4.69) is 10.3 Å². The first-order valence-electron chi connectivity index (χ1n) is 6.26. The van der Waals surface area contributed by atoms with Crippen LogP contribution in [-0.2, 0) is 0 Å². The van der Waals surface area contributed by atoms with Gasteiger partial charge in [-0.3, -0.25) is 4.79 Å². The van der Waals surface area contributed by atoms with Gasteiger partial charge in [0.25, 0.3) is 5.91 Å². The third-order valence-corrected chi connectivity index (χ3v) is 3.67. The number of amides is 1. The van der Waals surface area contributed by atoms with Gasteiger partial charge in [0, 0.05) is 11.2 Å². The molecule has 2 heterocycles. The topological polar surface area (TPSA) is 46.4 Å². The second kappa shape index (κ2) is 5.39. The van der Waals surface area contributed by atoms with Gasteiger partial charge < -0.3 is 9.72 Å². The Kier molecular flexibility index (Phi) is 3.57. The van der Waals surface area contributed by atoms with Crippen molar-refractivity contribution in [3.05, 3.63) is 64.2 Å². The number of nitrogens with one attached hydrogen (secondary N) is 1. The third kappa shape index (κ3) is 2.60. The molecule has 1 amide bonds. The predicted molar refractivity (Wildman–Crippen MR) is 84.3 cm³/mol.